The molecule has 1 aromatic carbocycles. The first-order valence-corrected chi connectivity index (χ1v) is 12.2. The minimum absolute atomic E-state index is 0.0594. The molecule has 0 saturated heterocycles. The van der Waals surface area contributed by atoms with Gasteiger partial charge < -0.3 is 15.0 Å². The Labute approximate surface area is 203 Å². The Morgan fingerprint density at radius 3 is 2.56 bits per heavy atom. The molecule has 7 heteroatoms. The van der Waals surface area contributed by atoms with Gasteiger partial charge in [-0.1, -0.05) is 46.8 Å². The third-order valence-corrected chi connectivity index (χ3v) is 6.18. The zero-order valence-electron chi connectivity index (χ0n) is 21.7. The summed E-state index contributed by atoms with van der Waals surface area (Å²) in [5.41, 5.74) is 3.48. The zero-order valence-corrected chi connectivity index (χ0v) is 21.7. The highest BCUT2D eigenvalue weighted by Gasteiger charge is 2.23. The van der Waals surface area contributed by atoms with Crippen molar-refractivity contribution in [1.82, 2.24) is 24.8 Å². The number of rotatable bonds is 10. The zero-order chi connectivity index (χ0) is 24.9. The number of hydrogen-bond donors (Lipinski definition) is 1. The highest BCUT2D eigenvalue weighted by molar-refractivity contribution is 5.94. The summed E-state index contributed by atoms with van der Waals surface area (Å²) in [5.74, 6) is 0.603. The molecule has 34 heavy (non-hydrogen) atoms. The van der Waals surface area contributed by atoms with Crippen molar-refractivity contribution in [3.63, 3.8) is 0 Å². The molecule has 3 rings (SSSR count). The first-order valence-electron chi connectivity index (χ1n) is 12.2. The molecule has 0 saturated carbocycles. The first kappa shape index (κ1) is 25.7. The third-order valence-electron chi connectivity index (χ3n) is 6.18. The summed E-state index contributed by atoms with van der Waals surface area (Å²) in [6, 6.07) is 11.6. The Hall–Kier alpha value is -2.93. The molecular formula is C27H39N5O2. The van der Waals surface area contributed by atoms with Crippen molar-refractivity contribution in [2.45, 2.75) is 65.8 Å². The molecule has 1 unspecified atom stereocenters. The van der Waals surface area contributed by atoms with E-state index < -0.39 is 0 Å². The predicted molar refractivity (Wildman–Crippen MR) is 138 cm³/mol. The summed E-state index contributed by atoms with van der Waals surface area (Å²) in [6.45, 7) is 15.9. The van der Waals surface area contributed by atoms with Gasteiger partial charge in [-0.05, 0) is 57.6 Å². The van der Waals surface area contributed by atoms with Crippen molar-refractivity contribution in [3.8, 4) is 17.0 Å². The van der Waals surface area contributed by atoms with Crippen LogP contribution in [0.3, 0.4) is 0 Å². The van der Waals surface area contributed by atoms with Crippen LogP contribution in [0, 0.1) is 0 Å². The minimum Gasteiger partial charge on any atom is -0.497 e. The maximum Gasteiger partial charge on any atom is 0.270 e. The summed E-state index contributed by atoms with van der Waals surface area (Å²) in [6.07, 6.45) is 1.96. The average Bonchev–Trinajstić information content (AvgIpc) is 3.26. The molecule has 0 fully saturated rings. The van der Waals surface area contributed by atoms with Gasteiger partial charge in [0, 0.05) is 23.1 Å². The molecule has 2 heterocycles. The number of hydrogen-bond acceptors (Lipinski definition) is 5. The number of methoxy groups -OCH3 is 1. The molecular weight excluding hydrogens is 426 g/mol. The molecule has 0 aliphatic carbocycles. The van der Waals surface area contributed by atoms with Crippen LogP contribution in [0.1, 0.15) is 70.6 Å². The van der Waals surface area contributed by atoms with Gasteiger partial charge in [-0.25, -0.2) is 9.50 Å². The highest BCUT2D eigenvalue weighted by atomic mass is 16.5. The molecule has 0 radical (unpaired) electrons. The number of carbonyl (C=O) groups is 1. The quantitative estimate of drug-likeness (QED) is 0.459. The van der Waals surface area contributed by atoms with E-state index >= 15 is 0 Å². The van der Waals surface area contributed by atoms with Gasteiger partial charge in [-0.3, -0.25) is 4.79 Å². The smallest absolute Gasteiger partial charge is 0.270 e. The van der Waals surface area contributed by atoms with Gasteiger partial charge in [-0.15, -0.1) is 0 Å². The fourth-order valence-corrected chi connectivity index (χ4v) is 3.96. The molecule has 7 nitrogen and oxygen atoms in total. The number of aromatic nitrogens is 3. The standard InChI is InChI=1S/C27H39N5O2/c1-8-31(9-2)15-11-12-19(3)28-26(33)23-17-22(20-13-10-14-21(16-20)34-7)29-25-18-24(27(4,5)6)30-32(23)25/h10,13-14,16-19H,8-9,11-12,15H2,1-7H3,(H,28,33). The summed E-state index contributed by atoms with van der Waals surface area (Å²) < 4.78 is 7.05. The second-order valence-corrected chi connectivity index (χ2v) is 9.85. The Bertz CT molecular complexity index is 1110. The number of amides is 1. The molecule has 1 N–H and O–H groups in total. The van der Waals surface area contributed by atoms with Crippen molar-refractivity contribution in [3.05, 3.63) is 47.8 Å². The van der Waals surface area contributed by atoms with E-state index in [1.807, 2.05) is 36.4 Å². The lowest BCUT2D eigenvalue weighted by Crippen LogP contribution is -2.35. The van der Waals surface area contributed by atoms with E-state index in [-0.39, 0.29) is 17.4 Å². The first-order chi connectivity index (χ1) is 16.2. The van der Waals surface area contributed by atoms with Gasteiger partial charge in [0.15, 0.2) is 5.65 Å². The second kappa shape index (κ2) is 11.0. The molecule has 1 amide bonds. The molecule has 0 spiro atoms. The molecule has 0 aliphatic rings. The molecule has 3 aromatic rings. The van der Waals surface area contributed by atoms with Crippen molar-refractivity contribution >= 4 is 11.6 Å². The van der Waals surface area contributed by atoms with E-state index in [9.17, 15) is 4.79 Å². The van der Waals surface area contributed by atoms with Crippen LogP contribution in [0.15, 0.2) is 36.4 Å². The molecule has 1 atom stereocenters. The van der Waals surface area contributed by atoms with E-state index in [1.165, 1.54) is 0 Å². The molecule has 0 bridgehead atoms. The number of benzene rings is 1. The van der Waals surface area contributed by atoms with Crippen LogP contribution in [0.4, 0.5) is 0 Å². The normalized spacial score (nSPS) is 12.8. The van der Waals surface area contributed by atoms with E-state index in [4.69, 9.17) is 14.8 Å². The van der Waals surface area contributed by atoms with E-state index in [1.54, 1.807) is 11.6 Å². The lowest BCUT2D eigenvalue weighted by atomic mass is 9.93. The van der Waals surface area contributed by atoms with Crippen LogP contribution in [-0.2, 0) is 5.41 Å². The second-order valence-electron chi connectivity index (χ2n) is 9.85. The summed E-state index contributed by atoms with van der Waals surface area (Å²) >= 11 is 0. The highest BCUT2D eigenvalue weighted by Crippen LogP contribution is 2.27. The van der Waals surface area contributed by atoms with Crippen molar-refractivity contribution in [2.24, 2.45) is 0 Å². The van der Waals surface area contributed by atoms with Crippen LogP contribution in [0.25, 0.3) is 16.9 Å². The van der Waals surface area contributed by atoms with Gasteiger partial charge in [0.2, 0.25) is 0 Å². The van der Waals surface area contributed by atoms with E-state index in [0.29, 0.717) is 17.0 Å². The van der Waals surface area contributed by atoms with Crippen LogP contribution < -0.4 is 10.1 Å². The predicted octanol–water partition coefficient (Wildman–Crippen LogP) is 4.94. The fourth-order valence-electron chi connectivity index (χ4n) is 3.96. The maximum atomic E-state index is 13.4. The van der Waals surface area contributed by atoms with Gasteiger partial charge >= 0.3 is 0 Å². The third kappa shape index (κ3) is 6.14. The van der Waals surface area contributed by atoms with Gasteiger partial charge in [0.25, 0.3) is 5.91 Å². The summed E-state index contributed by atoms with van der Waals surface area (Å²) in [7, 11) is 1.64. The number of fused-ring (bicyclic) bond motifs is 1. The average molecular weight is 466 g/mol. The molecule has 0 aliphatic heterocycles. The Balaban J connectivity index is 1.92. The fraction of sp³-hybridized carbons (Fsp3) is 0.519. The molecule has 184 valence electrons. The SMILES string of the molecule is CCN(CC)CCCC(C)NC(=O)c1cc(-c2cccc(OC)c2)nc2cc(C(C)(C)C)nn12. The van der Waals surface area contributed by atoms with Gasteiger partial charge in [-0.2, -0.15) is 5.10 Å². The molecule has 2 aromatic heterocycles. The van der Waals surface area contributed by atoms with Crippen molar-refractivity contribution in [1.29, 1.82) is 0 Å². The van der Waals surface area contributed by atoms with Crippen LogP contribution in [0.2, 0.25) is 0 Å². The minimum atomic E-state index is -0.157. The number of nitrogens with one attached hydrogen (secondary N) is 1. The topological polar surface area (TPSA) is 71.8 Å². The Morgan fingerprint density at radius 2 is 1.91 bits per heavy atom. The van der Waals surface area contributed by atoms with Crippen molar-refractivity contribution < 1.29 is 9.53 Å². The van der Waals surface area contributed by atoms with Crippen molar-refractivity contribution in [2.75, 3.05) is 26.7 Å². The monoisotopic (exact) mass is 465 g/mol. The van der Waals surface area contributed by atoms with Gasteiger partial charge in [0.1, 0.15) is 11.4 Å². The summed E-state index contributed by atoms with van der Waals surface area (Å²) in [5, 5.41) is 7.93. The Kier molecular flexibility index (Phi) is 8.31. The van der Waals surface area contributed by atoms with Crippen LogP contribution >= 0.6 is 0 Å². The lowest BCUT2D eigenvalue weighted by Gasteiger charge is -2.20. The van der Waals surface area contributed by atoms with Crippen LogP contribution in [-0.4, -0.2) is 58.2 Å². The number of nitrogens with zero attached hydrogens (tertiary/aromatic N) is 4. The van der Waals surface area contributed by atoms with E-state index in [2.05, 4.69) is 51.8 Å². The van der Waals surface area contributed by atoms with Gasteiger partial charge in [0.05, 0.1) is 18.5 Å². The Morgan fingerprint density at radius 1 is 1.18 bits per heavy atom. The van der Waals surface area contributed by atoms with Crippen LogP contribution in [0.5, 0.6) is 5.75 Å². The summed E-state index contributed by atoms with van der Waals surface area (Å²) in [4.78, 5) is 20.6. The van der Waals surface area contributed by atoms with E-state index in [0.717, 1.165) is 49.5 Å². The number of ether oxygens (including phenoxy) is 1. The number of carbonyl (C=O) groups excluding carboxylic acids is 1. The lowest BCUT2D eigenvalue weighted by molar-refractivity contribution is 0.0929. The maximum absolute atomic E-state index is 13.4. The largest absolute Gasteiger partial charge is 0.497 e.